The molecule has 2 N–H and O–H groups in total. The van der Waals surface area contributed by atoms with Crippen LogP contribution in [0.1, 0.15) is 12.8 Å². The summed E-state index contributed by atoms with van der Waals surface area (Å²) in [7, 11) is 3.71. The third kappa shape index (κ3) is 6.31. The Hall–Kier alpha value is -0.870. The highest BCUT2D eigenvalue weighted by atomic mass is 16.4. The van der Waals surface area contributed by atoms with E-state index in [0.717, 1.165) is 0 Å². The largest absolute Gasteiger partial charge is 0.478 e. The molecular formula is C9H17NO3. The van der Waals surface area contributed by atoms with Gasteiger partial charge in [-0.1, -0.05) is 6.58 Å². The number of aliphatic carboxylic acids is 1. The molecule has 0 amide bonds. The second-order valence-corrected chi connectivity index (χ2v) is 3.36. The standard InChI is InChI=1S/C9H17NO3/c1-7(9(12)13)4-5-8(11)6-10(2)3/h8,11H,1,4-6H2,2-3H3,(H,12,13). The fraction of sp³-hybridized carbons (Fsp3) is 0.667. The lowest BCUT2D eigenvalue weighted by Gasteiger charge is -2.15. The molecule has 0 heterocycles. The number of carboxylic acids is 1. The first-order valence-corrected chi connectivity index (χ1v) is 4.17. The van der Waals surface area contributed by atoms with Gasteiger partial charge in [-0.2, -0.15) is 0 Å². The van der Waals surface area contributed by atoms with Crippen molar-refractivity contribution >= 4 is 5.97 Å². The summed E-state index contributed by atoms with van der Waals surface area (Å²) in [6.45, 7) is 3.93. The summed E-state index contributed by atoms with van der Waals surface area (Å²) in [6, 6.07) is 0. The van der Waals surface area contributed by atoms with Crippen molar-refractivity contribution in [2.45, 2.75) is 18.9 Å². The van der Waals surface area contributed by atoms with Crippen LogP contribution in [0.25, 0.3) is 0 Å². The van der Waals surface area contributed by atoms with E-state index in [2.05, 4.69) is 6.58 Å². The Morgan fingerprint density at radius 2 is 2.08 bits per heavy atom. The van der Waals surface area contributed by atoms with Gasteiger partial charge in [0.25, 0.3) is 0 Å². The number of rotatable bonds is 6. The fourth-order valence-electron chi connectivity index (χ4n) is 0.961. The summed E-state index contributed by atoms with van der Waals surface area (Å²) in [5.41, 5.74) is 0.151. The van der Waals surface area contributed by atoms with Gasteiger partial charge in [0, 0.05) is 12.1 Å². The Labute approximate surface area is 78.5 Å². The minimum atomic E-state index is -0.989. The van der Waals surface area contributed by atoms with Gasteiger partial charge in [0.15, 0.2) is 0 Å². The van der Waals surface area contributed by atoms with Crippen LogP contribution >= 0.6 is 0 Å². The zero-order valence-electron chi connectivity index (χ0n) is 8.16. The highest BCUT2D eigenvalue weighted by Crippen LogP contribution is 2.06. The van der Waals surface area contributed by atoms with E-state index in [1.54, 1.807) is 0 Å². The Morgan fingerprint density at radius 3 is 2.46 bits per heavy atom. The fourth-order valence-corrected chi connectivity index (χ4v) is 0.961. The Bertz CT molecular complexity index is 189. The van der Waals surface area contributed by atoms with Gasteiger partial charge in [-0.05, 0) is 26.9 Å². The van der Waals surface area contributed by atoms with Crippen LogP contribution in [0.3, 0.4) is 0 Å². The summed E-state index contributed by atoms with van der Waals surface area (Å²) in [5.74, 6) is -0.989. The second-order valence-electron chi connectivity index (χ2n) is 3.36. The van der Waals surface area contributed by atoms with Crippen molar-refractivity contribution in [2.24, 2.45) is 0 Å². The maximum absolute atomic E-state index is 10.3. The molecule has 4 nitrogen and oxygen atoms in total. The van der Waals surface area contributed by atoms with Gasteiger partial charge in [0.2, 0.25) is 0 Å². The second kappa shape index (κ2) is 5.72. The van der Waals surface area contributed by atoms with Crippen molar-refractivity contribution in [3.63, 3.8) is 0 Å². The Morgan fingerprint density at radius 1 is 1.54 bits per heavy atom. The van der Waals surface area contributed by atoms with Crippen molar-refractivity contribution < 1.29 is 15.0 Å². The number of aliphatic hydroxyl groups is 1. The summed E-state index contributed by atoms with van der Waals surface area (Å²) < 4.78 is 0. The molecule has 0 aliphatic heterocycles. The molecule has 1 atom stereocenters. The van der Waals surface area contributed by atoms with Crippen LogP contribution < -0.4 is 0 Å². The minimum Gasteiger partial charge on any atom is -0.478 e. The number of aliphatic hydroxyl groups excluding tert-OH is 1. The lowest BCUT2D eigenvalue weighted by atomic mass is 10.1. The first-order chi connectivity index (χ1) is 5.93. The van der Waals surface area contributed by atoms with Crippen molar-refractivity contribution in [1.82, 2.24) is 4.90 Å². The molecule has 0 aromatic rings. The smallest absolute Gasteiger partial charge is 0.330 e. The number of hydrogen-bond donors (Lipinski definition) is 2. The molecule has 1 unspecified atom stereocenters. The maximum Gasteiger partial charge on any atom is 0.330 e. The van der Waals surface area contributed by atoms with E-state index in [9.17, 15) is 9.90 Å². The first kappa shape index (κ1) is 12.1. The van der Waals surface area contributed by atoms with E-state index in [-0.39, 0.29) is 5.57 Å². The SMILES string of the molecule is C=C(CCC(O)CN(C)C)C(=O)O. The molecular weight excluding hydrogens is 170 g/mol. The van der Waals surface area contributed by atoms with E-state index in [4.69, 9.17) is 5.11 Å². The van der Waals surface area contributed by atoms with Gasteiger partial charge in [-0.3, -0.25) is 0 Å². The van der Waals surface area contributed by atoms with Crippen LogP contribution in [0, 0.1) is 0 Å². The molecule has 4 heteroatoms. The molecule has 0 bridgehead atoms. The summed E-state index contributed by atoms with van der Waals surface area (Å²) in [6.07, 6.45) is 0.305. The van der Waals surface area contributed by atoms with E-state index in [1.165, 1.54) is 0 Å². The molecule has 0 aliphatic rings. The zero-order valence-corrected chi connectivity index (χ0v) is 8.16. The van der Waals surface area contributed by atoms with E-state index in [1.807, 2.05) is 19.0 Å². The molecule has 0 rings (SSSR count). The highest BCUT2D eigenvalue weighted by molar-refractivity contribution is 5.85. The van der Waals surface area contributed by atoms with Crippen LogP contribution in [0.2, 0.25) is 0 Å². The van der Waals surface area contributed by atoms with Crippen molar-refractivity contribution in [1.29, 1.82) is 0 Å². The Kier molecular flexibility index (Phi) is 5.34. The third-order valence-corrected chi connectivity index (χ3v) is 1.66. The van der Waals surface area contributed by atoms with Gasteiger partial charge in [0.1, 0.15) is 0 Å². The third-order valence-electron chi connectivity index (χ3n) is 1.66. The molecule has 76 valence electrons. The van der Waals surface area contributed by atoms with Crippen LogP contribution in [0.15, 0.2) is 12.2 Å². The number of carboxylic acid groups (broad SMARTS) is 1. The lowest BCUT2D eigenvalue weighted by molar-refractivity contribution is -0.132. The molecule has 0 aromatic carbocycles. The topological polar surface area (TPSA) is 60.8 Å². The molecule has 0 radical (unpaired) electrons. The summed E-state index contributed by atoms with van der Waals surface area (Å²) in [4.78, 5) is 12.2. The average molecular weight is 187 g/mol. The monoisotopic (exact) mass is 187 g/mol. The average Bonchev–Trinajstić information content (AvgIpc) is 1.98. The Balaban J connectivity index is 3.64. The van der Waals surface area contributed by atoms with E-state index >= 15 is 0 Å². The van der Waals surface area contributed by atoms with Gasteiger partial charge >= 0.3 is 5.97 Å². The first-order valence-electron chi connectivity index (χ1n) is 4.17. The predicted octanol–water partition coefficient (Wildman–Crippen LogP) is 0.330. The van der Waals surface area contributed by atoms with Crippen molar-refractivity contribution in [3.8, 4) is 0 Å². The molecule has 0 saturated heterocycles. The van der Waals surface area contributed by atoms with Crippen molar-refractivity contribution in [2.75, 3.05) is 20.6 Å². The van der Waals surface area contributed by atoms with E-state index < -0.39 is 12.1 Å². The molecule has 13 heavy (non-hydrogen) atoms. The zero-order chi connectivity index (χ0) is 10.4. The molecule has 0 fully saturated rings. The number of carbonyl (C=O) groups is 1. The van der Waals surface area contributed by atoms with Gasteiger partial charge in [-0.15, -0.1) is 0 Å². The summed E-state index contributed by atoms with van der Waals surface area (Å²) in [5, 5.41) is 17.9. The summed E-state index contributed by atoms with van der Waals surface area (Å²) >= 11 is 0. The minimum absolute atomic E-state index is 0.151. The normalized spacial score (nSPS) is 12.9. The number of nitrogens with zero attached hydrogens (tertiary/aromatic N) is 1. The lowest BCUT2D eigenvalue weighted by Crippen LogP contribution is -2.25. The van der Waals surface area contributed by atoms with Gasteiger partial charge < -0.3 is 15.1 Å². The number of hydrogen-bond acceptors (Lipinski definition) is 3. The molecule has 0 aliphatic carbocycles. The maximum atomic E-state index is 10.3. The quantitative estimate of drug-likeness (QED) is 0.588. The molecule has 0 aromatic heterocycles. The van der Waals surface area contributed by atoms with Crippen LogP contribution in [-0.4, -0.2) is 47.8 Å². The van der Waals surface area contributed by atoms with E-state index in [0.29, 0.717) is 19.4 Å². The molecule has 0 saturated carbocycles. The van der Waals surface area contributed by atoms with Gasteiger partial charge in [-0.25, -0.2) is 4.79 Å². The predicted molar refractivity (Wildman–Crippen MR) is 50.6 cm³/mol. The van der Waals surface area contributed by atoms with Crippen molar-refractivity contribution in [3.05, 3.63) is 12.2 Å². The van der Waals surface area contributed by atoms with Crippen LogP contribution in [0.5, 0.6) is 0 Å². The number of likely N-dealkylation sites (N-methyl/N-ethyl adjacent to an activating group) is 1. The molecule has 0 spiro atoms. The highest BCUT2D eigenvalue weighted by Gasteiger charge is 2.09. The van der Waals surface area contributed by atoms with Crippen LogP contribution in [0.4, 0.5) is 0 Å². The van der Waals surface area contributed by atoms with Gasteiger partial charge in [0.05, 0.1) is 6.10 Å². The van der Waals surface area contributed by atoms with Crippen LogP contribution in [-0.2, 0) is 4.79 Å².